The topological polar surface area (TPSA) is 98.5 Å². The fraction of sp³-hybridized carbons (Fsp3) is 0.625. The van der Waals surface area contributed by atoms with Crippen LogP contribution in [0.3, 0.4) is 0 Å². The highest BCUT2D eigenvalue weighted by Gasteiger charge is 2.61. The van der Waals surface area contributed by atoms with Gasteiger partial charge < -0.3 is 21.0 Å². The zero-order valence-corrected chi connectivity index (χ0v) is 15.5. The highest BCUT2D eigenvalue weighted by Crippen LogP contribution is 2.37. The molecule has 0 saturated heterocycles. The maximum atomic E-state index is 11.8. The van der Waals surface area contributed by atoms with Crippen LogP contribution in [0.4, 0.5) is 26.3 Å². The van der Waals surface area contributed by atoms with Crippen molar-refractivity contribution in [2.24, 2.45) is 11.5 Å². The summed E-state index contributed by atoms with van der Waals surface area (Å²) in [6.45, 7) is 2.08. The monoisotopic (exact) mass is 416 g/mol. The molecule has 2 aromatic rings. The van der Waals surface area contributed by atoms with Crippen LogP contribution >= 0.6 is 0 Å². The molecule has 0 spiro atoms. The average molecular weight is 416 g/mol. The fourth-order valence-corrected chi connectivity index (χ4v) is 1.68. The Balaban J connectivity index is 0.000000395. The lowest BCUT2D eigenvalue weighted by molar-refractivity contribution is -0.258. The Morgan fingerprint density at radius 2 is 1.86 bits per heavy atom. The molecule has 0 aliphatic heterocycles. The molecule has 12 heteroatoms. The summed E-state index contributed by atoms with van der Waals surface area (Å²) >= 11 is 0. The summed E-state index contributed by atoms with van der Waals surface area (Å²) in [5.74, 6) is -10.2. The van der Waals surface area contributed by atoms with Crippen molar-refractivity contribution < 1.29 is 26.3 Å². The Morgan fingerprint density at radius 3 is 2.21 bits per heavy atom. The average Bonchev–Trinajstić information content (AvgIpc) is 3.35. The molecule has 0 unspecified atom stereocenters. The van der Waals surface area contributed by atoms with Crippen molar-refractivity contribution in [2.45, 2.75) is 51.0 Å². The van der Waals surface area contributed by atoms with E-state index in [2.05, 4.69) is 27.6 Å². The number of halogens is 6. The van der Waals surface area contributed by atoms with Crippen molar-refractivity contribution in [1.82, 2.24) is 19.5 Å². The van der Waals surface area contributed by atoms with Gasteiger partial charge in [-0.05, 0) is 19.4 Å². The summed E-state index contributed by atoms with van der Waals surface area (Å²) in [4.78, 5) is 10.8. The third-order valence-electron chi connectivity index (χ3n) is 3.27. The number of alkyl halides is 6. The van der Waals surface area contributed by atoms with Gasteiger partial charge in [-0.1, -0.05) is 13.3 Å². The van der Waals surface area contributed by atoms with Gasteiger partial charge in [-0.3, -0.25) is 0 Å². The van der Waals surface area contributed by atoms with Gasteiger partial charge in [0.15, 0.2) is 0 Å². The normalized spacial score (nSPS) is 11.5. The maximum Gasteiger partial charge on any atom is 0.370 e. The second-order valence-electron chi connectivity index (χ2n) is 5.60. The van der Waals surface area contributed by atoms with Crippen LogP contribution in [0.5, 0.6) is 0 Å². The molecule has 6 nitrogen and oxygen atoms in total. The van der Waals surface area contributed by atoms with Crippen molar-refractivity contribution in [3.05, 3.63) is 36.9 Å². The molecule has 0 bridgehead atoms. The standard InChI is InChI=1S/C6H11N3.C6H10N2.C4H5F6N/c7-2-1-4-9-5-3-8-6-9;1-2-3-6-4-7-5-8-6;5-2(6)4(9,10)3(7,8)1-11/h3,5-6H,1-2,4,7H2;4-5H,2-3H2,1H3,(H,7,8);2H,1,11H2. The summed E-state index contributed by atoms with van der Waals surface area (Å²) in [5, 5.41) is 0. The number of imidazole rings is 2. The van der Waals surface area contributed by atoms with E-state index in [1.54, 1.807) is 18.9 Å². The van der Waals surface area contributed by atoms with Crippen LogP contribution in [-0.4, -0.2) is 50.9 Å². The molecule has 0 saturated carbocycles. The molecule has 2 heterocycles. The fourth-order valence-electron chi connectivity index (χ4n) is 1.68. The number of rotatable bonds is 8. The van der Waals surface area contributed by atoms with E-state index in [1.165, 1.54) is 12.1 Å². The van der Waals surface area contributed by atoms with Crippen LogP contribution in [0.2, 0.25) is 0 Å². The molecule has 0 atom stereocenters. The van der Waals surface area contributed by atoms with E-state index in [0.29, 0.717) is 0 Å². The molecule has 2 aromatic heterocycles. The van der Waals surface area contributed by atoms with E-state index in [0.717, 1.165) is 25.9 Å². The van der Waals surface area contributed by atoms with Crippen LogP contribution in [0.1, 0.15) is 25.5 Å². The van der Waals surface area contributed by atoms with Gasteiger partial charge in [-0.2, -0.15) is 17.6 Å². The van der Waals surface area contributed by atoms with E-state index >= 15 is 0 Å². The molecule has 0 fully saturated rings. The van der Waals surface area contributed by atoms with Gasteiger partial charge in [0, 0.05) is 30.8 Å². The Bertz CT molecular complexity index is 589. The SMILES string of the molecule is CCCc1cnc[nH]1.NCC(F)(F)C(F)(F)C(F)F.NCCCn1ccnc1. The number of nitrogens with zero attached hydrogens (tertiary/aromatic N) is 3. The highest BCUT2D eigenvalue weighted by atomic mass is 19.3. The number of nitrogens with one attached hydrogen (secondary N) is 1. The zero-order valence-electron chi connectivity index (χ0n) is 15.5. The third kappa shape index (κ3) is 9.22. The summed E-state index contributed by atoms with van der Waals surface area (Å²) in [6.07, 6.45) is 8.01. The molecule has 0 radical (unpaired) electrons. The predicted molar refractivity (Wildman–Crippen MR) is 93.4 cm³/mol. The van der Waals surface area contributed by atoms with Crippen molar-refractivity contribution in [2.75, 3.05) is 13.1 Å². The number of hydrogen-bond acceptors (Lipinski definition) is 4. The molecule has 0 amide bonds. The lowest BCUT2D eigenvalue weighted by Gasteiger charge is -2.23. The minimum Gasteiger partial charge on any atom is -0.348 e. The molecule has 0 aliphatic rings. The van der Waals surface area contributed by atoms with Crippen molar-refractivity contribution in [3.63, 3.8) is 0 Å². The van der Waals surface area contributed by atoms with Crippen molar-refractivity contribution in [3.8, 4) is 0 Å². The molecular formula is C16H26F6N6. The molecule has 162 valence electrons. The largest absolute Gasteiger partial charge is 0.370 e. The minimum absolute atomic E-state index is 0.748. The minimum atomic E-state index is -5.35. The lowest BCUT2D eigenvalue weighted by atomic mass is 10.2. The van der Waals surface area contributed by atoms with Crippen molar-refractivity contribution >= 4 is 0 Å². The van der Waals surface area contributed by atoms with E-state index < -0.39 is 24.8 Å². The first kappa shape index (κ1) is 25.9. The smallest absolute Gasteiger partial charge is 0.348 e. The summed E-state index contributed by atoms with van der Waals surface area (Å²) < 4.78 is 71.6. The second-order valence-corrected chi connectivity index (χ2v) is 5.60. The van der Waals surface area contributed by atoms with Crippen LogP contribution in [-0.2, 0) is 13.0 Å². The van der Waals surface area contributed by atoms with Crippen LogP contribution < -0.4 is 11.5 Å². The second kappa shape index (κ2) is 13.2. The first-order chi connectivity index (χ1) is 13.1. The van der Waals surface area contributed by atoms with Crippen LogP contribution in [0.15, 0.2) is 31.2 Å². The number of nitrogens with two attached hydrogens (primary N) is 2. The van der Waals surface area contributed by atoms with Gasteiger partial charge in [0.1, 0.15) is 0 Å². The maximum absolute atomic E-state index is 11.8. The summed E-state index contributed by atoms with van der Waals surface area (Å²) in [6, 6.07) is 0. The van der Waals surface area contributed by atoms with Gasteiger partial charge in [0.05, 0.1) is 19.2 Å². The molecule has 5 N–H and O–H groups in total. The van der Waals surface area contributed by atoms with Gasteiger partial charge >= 0.3 is 18.3 Å². The Hall–Kier alpha value is -2.08. The Morgan fingerprint density at radius 1 is 1.18 bits per heavy atom. The molecule has 28 heavy (non-hydrogen) atoms. The third-order valence-corrected chi connectivity index (χ3v) is 3.27. The molecule has 2 rings (SSSR count). The van der Waals surface area contributed by atoms with E-state index in [-0.39, 0.29) is 0 Å². The predicted octanol–water partition coefficient (Wildman–Crippen LogP) is 3.07. The quantitative estimate of drug-likeness (QED) is 0.576. The number of aryl methyl sites for hydroxylation is 2. The van der Waals surface area contributed by atoms with Crippen LogP contribution in [0, 0.1) is 0 Å². The number of hydrogen-bond donors (Lipinski definition) is 3. The summed E-state index contributed by atoms with van der Waals surface area (Å²) in [7, 11) is 0. The van der Waals surface area contributed by atoms with Crippen LogP contribution in [0.25, 0.3) is 0 Å². The van der Waals surface area contributed by atoms with Gasteiger partial charge in [0.25, 0.3) is 0 Å². The molecular weight excluding hydrogens is 390 g/mol. The molecule has 0 aliphatic carbocycles. The Labute approximate surface area is 159 Å². The van der Waals surface area contributed by atoms with Gasteiger partial charge in [-0.15, -0.1) is 0 Å². The zero-order chi connectivity index (χ0) is 21.6. The first-order valence-corrected chi connectivity index (χ1v) is 8.49. The van der Waals surface area contributed by atoms with E-state index in [9.17, 15) is 26.3 Å². The van der Waals surface area contributed by atoms with Gasteiger partial charge in [0.2, 0.25) is 0 Å². The van der Waals surface area contributed by atoms with E-state index in [1.807, 2.05) is 17.0 Å². The lowest BCUT2D eigenvalue weighted by Crippen LogP contribution is -2.50. The van der Waals surface area contributed by atoms with Gasteiger partial charge in [-0.25, -0.2) is 18.7 Å². The number of aromatic amines is 1. The molecule has 0 aromatic carbocycles. The number of aromatic nitrogens is 4. The van der Waals surface area contributed by atoms with Crippen molar-refractivity contribution in [1.29, 1.82) is 0 Å². The van der Waals surface area contributed by atoms with E-state index in [4.69, 9.17) is 5.73 Å². The first-order valence-electron chi connectivity index (χ1n) is 8.49. The highest BCUT2D eigenvalue weighted by molar-refractivity contribution is 4.93. The summed E-state index contributed by atoms with van der Waals surface area (Å²) in [5.41, 5.74) is 10.7. The number of H-pyrrole nitrogens is 1. The Kier molecular flexibility index (Phi) is 12.2.